The minimum Gasteiger partial charge on any atom is -0.497 e. The van der Waals surface area contributed by atoms with Crippen LogP contribution >= 0.6 is 0 Å². The lowest BCUT2D eigenvalue weighted by Crippen LogP contribution is -2.09. The second-order valence-corrected chi connectivity index (χ2v) is 7.14. The normalized spacial score (nSPS) is 10.5. The lowest BCUT2D eigenvalue weighted by molar-refractivity contribution is 0.0733. The average Bonchev–Trinajstić information content (AvgIpc) is 2.90. The van der Waals surface area contributed by atoms with Gasteiger partial charge in [-0.15, -0.1) is 0 Å². The van der Waals surface area contributed by atoms with Gasteiger partial charge in [0.15, 0.2) is 17.3 Å². The van der Waals surface area contributed by atoms with Gasteiger partial charge in [-0.1, -0.05) is 18.2 Å². The molecule has 0 heterocycles. The Morgan fingerprint density at radius 1 is 0.657 bits per heavy atom. The van der Waals surface area contributed by atoms with Crippen LogP contribution in [0.5, 0.6) is 34.5 Å². The van der Waals surface area contributed by atoms with Gasteiger partial charge in [-0.05, 0) is 48.0 Å². The van der Waals surface area contributed by atoms with E-state index < -0.39 is 5.97 Å². The number of methoxy groups -OCH3 is 5. The Bertz CT molecular complexity index is 1200. The maximum absolute atomic E-state index is 12.7. The minimum atomic E-state index is -0.589. The molecule has 0 atom stereocenters. The van der Waals surface area contributed by atoms with Crippen LogP contribution in [0.3, 0.4) is 0 Å². The van der Waals surface area contributed by atoms with E-state index in [9.17, 15) is 9.59 Å². The molecule has 0 aliphatic heterocycles. The summed E-state index contributed by atoms with van der Waals surface area (Å²) >= 11 is 0. The van der Waals surface area contributed by atoms with E-state index in [0.29, 0.717) is 40.1 Å². The van der Waals surface area contributed by atoms with Crippen molar-refractivity contribution in [1.82, 2.24) is 0 Å². The highest BCUT2D eigenvalue weighted by Gasteiger charge is 2.18. The van der Waals surface area contributed by atoms with Gasteiger partial charge < -0.3 is 28.4 Å². The maximum atomic E-state index is 12.7. The van der Waals surface area contributed by atoms with E-state index in [-0.39, 0.29) is 11.3 Å². The van der Waals surface area contributed by atoms with Gasteiger partial charge in [-0.25, -0.2) is 4.79 Å². The van der Waals surface area contributed by atoms with Crippen molar-refractivity contribution in [2.45, 2.75) is 0 Å². The SMILES string of the molecule is COc1ccc(C(=O)/C=C/c2ccc(OC(=O)c3cc(OC)c(OC)c(OC)c3)cc2)c(OC)c1. The van der Waals surface area contributed by atoms with Crippen molar-refractivity contribution in [2.24, 2.45) is 0 Å². The van der Waals surface area contributed by atoms with Gasteiger partial charge in [0.2, 0.25) is 5.75 Å². The Kier molecular flexibility index (Phi) is 8.34. The van der Waals surface area contributed by atoms with Crippen LogP contribution in [0, 0.1) is 0 Å². The molecule has 0 fully saturated rings. The summed E-state index contributed by atoms with van der Waals surface area (Å²) in [6.07, 6.45) is 3.11. The van der Waals surface area contributed by atoms with Gasteiger partial charge in [0, 0.05) is 6.07 Å². The van der Waals surface area contributed by atoms with E-state index in [1.165, 1.54) is 46.6 Å². The van der Waals surface area contributed by atoms with Crippen LogP contribution in [0.4, 0.5) is 0 Å². The van der Waals surface area contributed by atoms with Gasteiger partial charge in [-0.3, -0.25) is 4.79 Å². The number of ketones is 1. The lowest BCUT2D eigenvalue weighted by atomic mass is 10.1. The number of carbonyl (C=O) groups excluding carboxylic acids is 2. The van der Waals surface area contributed by atoms with Crippen LogP contribution in [0.2, 0.25) is 0 Å². The highest BCUT2D eigenvalue weighted by Crippen LogP contribution is 2.38. The molecule has 3 rings (SSSR count). The van der Waals surface area contributed by atoms with Crippen molar-refractivity contribution in [3.8, 4) is 34.5 Å². The molecule has 0 aromatic heterocycles. The number of benzene rings is 3. The maximum Gasteiger partial charge on any atom is 0.343 e. The summed E-state index contributed by atoms with van der Waals surface area (Å²) in [6, 6.07) is 14.7. The topological polar surface area (TPSA) is 89.5 Å². The Balaban J connectivity index is 1.71. The largest absolute Gasteiger partial charge is 0.497 e. The van der Waals surface area contributed by atoms with E-state index in [2.05, 4.69) is 0 Å². The Morgan fingerprint density at radius 3 is 1.80 bits per heavy atom. The van der Waals surface area contributed by atoms with Crippen LogP contribution in [0.15, 0.2) is 60.7 Å². The second kappa shape index (κ2) is 11.6. The van der Waals surface area contributed by atoms with Crippen molar-refractivity contribution < 1.29 is 38.0 Å². The quantitative estimate of drug-likeness (QED) is 0.177. The van der Waals surface area contributed by atoms with Gasteiger partial charge in [0.1, 0.15) is 17.2 Å². The highest BCUT2D eigenvalue weighted by molar-refractivity contribution is 6.08. The third-order valence-corrected chi connectivity index (χ3v) is 5.09. The zero-order valence-corrected chi connectivity index (χ0v) is 20.1. The van der Waals surface area contributed by atoms with Gasteiger partial charge in [-0.2, -0.15) is 0 Å². The minimum absolute atomic E-state index is 0.220. The molecular weight excluding hydrogens is 452 g/mol. The Labute approximate surface area is 203 Å². The monoisotopic (exact) mass is 478 g/mol. The summed E-state index contributed by atoms with van der Waals surface area (Å²) < 4.78 is 31.7. The van der Waals surface area contributed by atoms with Crippen molar-refractivity contribution in [3.63, 3.8) is 0 Å². The molecule has 0 amide bonds. The molecule has 0 unspecified atom stereocenters. The number of hydrogen-bond donors (Lipinski definition) is 0. The van der Waals surface area contributed by atoms with E-state index in [0.717, 1.165) is 5.56 Å². The third-order valence-electron chi connectivity index (χ3n) is 5.09. The molecule has 35 heavy (non-hydrogen) atoms. The number of rotatable bonds is 10. The molecule has 0 aliphatic carbocycles. The van der Waals surface area contributed by atoms with Crippen LogP contribution in [0.1, 0.15) is 26.3 Å². The molecule has 3 aromatic carbocycles. The van der Waals surface area contributed by atoms with E-state index in [4.69, 9.17) is 28.4 Å². The van der Waals surface area contributed by atoms with Crippen LogP contribution in [0.25, 0.3) is 6.08 Å². The summed E-state index contributed by atoms with van der Waals surface area (Å²) in [4.78, 5) is 25.3. The molecule has 0 radical (unpaired) electrons. The Morgan fingerprint density at radius 2 is 1.26 bits per heavy atom. The second-order valence-electron chi connectivity index (χ2n) is 7.14. The molecule has 0 saturated heterocycles. The first-order valence-corrected chi connectivity index (χ1v) is 10.5. The number of allylic oxidation sites excluding steroid dienone is 1. The van der Waals surface area contributed by atoms with Crippen molar-refractivity contribution in [1.29, 1.82) is 0 Å². The fraction of sp³-hybridized carbons (Fsp3) is 0.185. The van der Waals surface area contributed by atoms with E-state index in [1.807, 2.05) is 0 Å². The molecule has 182 valence electrons. The molecule has 8 nitrogen and oxygen atoms in total. The molecule has 3 aromatic rings. The highest BCUT2D eigenvalue weighted by atomic mass is 16.5. The molecule has 0 N–H and O–H groups in total. The number of ether oxygens (including phenoxy) is 6. The molecule has 0 saturated carbocycles. The summed E-state index contributed by atoms with van der Waals surface area (Å²) in [6.45, 7) is 0. The summed E-state index contributed by atoms with van der Waals surface area (Å²) in [5.41, 5.74) is 1.40. The van der Waals surface area contributed by atoms with Crippen molar-refractivity contribution in [3.05, 3.63) is 77.4 Å². The number of hydrogen-bond acceptors (Lipinski definition) is 8. The lowest BCUT2D eigenvalue weighted by Gasteiger charge is -2.13. The zero-order chi connectivity index (χ0) is 25.4. The van der Waals surface area contributed by atoms with E-state index in [1.54, 1.807) is 55.7 Å². The number of esters is 1. The third kappa shape index (κ3) is 5.92. The fourth-order valence-corrected chi connectivity index (χ4v) is 3.28. The summed E-state index contributed by atoms with van der Waals surface area (Å²) in [7, 11) is 7.45. The van der Waals surface area contributed by atoms with Crippen LogP contribution < -0.4 is 28.4 Å². The molecule has 8 heteroatoms. The first kappa shape index (κ1) is 25.2. The van der Waals surface area contributed by atoms with Gasteiger partial charge in [0.05, 0.1) is 46.7 Å². The first-order valence-electron chi connectivity index (χ1n) is 10.5. The number of carbonyl (C=O) groups is 2. The predicted octanol–water partition coefficient (Wildman–Crippen LogP) is 4.84. The molecular formula is C27H26O8. The predicted molar refractivity (Wildman–Crippen MR) is 130 cm³/mol. The van der Waals surface area contributed by atoms with E-state index >= 15 is 0 Å². The van der Waals surface area contributed by atoms with Gasteiger partial charge in [0.25, 0.3) is 0 Å². The molecule has 0 bridgehead atoms. The molecule has 0 spiro atoms. The average molecular weight is 478 g/mol. The summed E-state index contributed by atoms with van der Waals surface area (Å²) in [5.74, 6) is 1.62. The van der Waals surface area contributed by atoms with Crippen molar-refractivity contribution >= 4 is 17.8 Å². The zero-order valence-electron chi connectivity index (χ0n) is 20.1. The molecule has 0 aliphatic rings. The Hall–Kier alpha value is -4.46. The van der Waals surface area contributed by atoms with Crippen molar-refractivity contribution in [2.75, 3.05) is 35.5 Å². The van der Waals surface area contributed by atoms with Crippen LogP contribution in [-0.2, 0) is 0 Å². The fourth-order valence-electron chi connectivity index (χ4n) is 3.28. The van der Waals surface area contributed by atoms with Gasteiger partial charge >= 0.3 is 5.97 Å². The first-order chi connectivity index (χ1) is 16.9. The van der Waals surface area contributed by atoms with Crippen LogP contribution in [-0.4, -0.2) is 47.3 Å². The standard InChI is InChI=1S/C27H26O8/c1-30-20-11-12-21(23(16-20)31-2)22(28)13-8-17-6-9-19(10-7-17)35-27(29)18-14-24(32-3)26(34-5)25(15-18)33-4/h6-16H,1-5H3/b13-8+. The smallest absolute Gasteiger partial charge is 0.343 e. The summed E-state index contributed by atoms with van der Waals surface area (Å²) in [5, 5.41) is 0.